The minimum Gasteiger partial charge on any atom is -0.462 e. The second kappa shape index (κ2) is 54.5. The van der Waals surface area contributed by atoms with Gasteiger partial charge in [-0.2, -0.15) is 0 Å². The summed E-state index contributed by atoms with van der Waals surface area (Å²) in [5.41, 5.74) is 0. The van der Waals surface area contributed by atoms with Crippen molar-refractivity contribution in [1.82, 2.24) is 0 Å². The van der Waals surface area contributed by atoms with Gasteiger partial charge in [0.1, 0.15) is 13.2 Å². The van der Waals surface area contributed by atoms with Gasteiger partial charge in [0.2, 0.25) is 0 Å². The molecular formula is C59H110O6. The van der Waals surface area contributed by atoms with Gasteiger partial charge in [-0.3, -0.25) is 14.4 Å². The van der Waals surface area contributed by atoms with Crippen LogP contribution in [0, 0.1) is 0 Å². The van der Waals surface area contributed by atoms with Crippen molar-refractivity contribution in [2.24, 2.45) is 0 Å². The first-order chi connectivity index (χ1) is 32.0. The van der Waals surface area contributed by atoms with Crippen molar-refractivity contribution < 1.29 is 28.6 Å². The lowest BCUT2D eigenvalue weighted by molar-refractivity contribution is -0.167. The average molecular weight is 916 g/mol. The van der Waals surface area contributed by atoms with Crippen LogP contribution in [-0.2, 0) is 28.6 Å². The quantitative estimate of drug-likeness (QED) is 0.0262. The fraction of sp³-hybridized carbons (Fsp3) is 0.881. The molecule has 0 saturated heterocycles. The van der Waals surface area contributed by atoms with Crippen LogP contribution in [0.15, 0.2) is 24.3 Å². The van der Waals surface area contributed by atoms with Crippen molar-refractivity contribution in [2.45, 2.75) is 322 Å². The minimum absolute atomic E-state index is 0.0728. The van der Waals surface area contributed by atoms with Crippen molar-refractivity contribution in [3.8, 4) is 0 Å². The van der Waals surface area contributed by atoms with E-state index in [0.29, 0.717) is 19.3 Å². The molecule has 0 aliphatic rings. The van der Waals surface area contributed by atoms with Gasteiger partial charge in [-0.05, 0) is 70.6 Å². The first-order valence-electron chi connectivity index (χ1n) is 28.8. The van der Waals surface area contributed by atoms with E-state index in [1.807, 2.05) is 0 Å². The molecule has 0 aliphatic heterocycles. The van der Waals surface area contributed by atoms with E-state index in [4.69, 9.17) is 14.2 Å². The molecule has 65 heavy (non-hydrogen) atoms. The van der Waals surface area contributed by atoms with E-state index in [0.717, 1.165) is 70.6 Å². The molecule has 0 saturated carbocycles. The molecule has 6 nitrogen and oxygen atoms in total. The van der Waals surface area contributed by atoms with Gasteiger partial charge < -0.3 is 14.2 Å². The van der Waals surface area contributed by atoms with Crippen LogP contribution in [0.2, 0.25) is 0 Å². The van der Waals surface area contributed by atoms with E-state index < -0.39 is 6.10 Å². The number of hydrogen-bond donors (Lipinski definition) is 0. The highest BCUT2D eigenvalue weighted by molar-refractivity contribution is 5.71. The summed E-state index contributed by atoms with van der Waals surface area (Å²) in [6.45, 7) is 6.66. The Morgan fingerprint density at radius 3 is 0.769 bits per heavy atom. The summed E-state index contributed by atoms with van der Waals surface area (Å²) in [5, 5.41) is 0. The highest BCUT2D eigenvalue weighted by atomic mass is 16.6. The zero-order valence-electron chi connectivity index (χ0n) is 43.8. The van der Waals surface area contributed by atoms with Gasteiger partial charge in [-0.25, -0.2) is 0 Å². The summed E-state index contributed by atoms with van der Waals surface area (Å²) in [5.74, 6) is -0.871. The van der Waals surface area contributed by atoms with Crippen LogP contribution in [0.3, 0.4) is 0 Å². The molecule has 0 N–H and O–H groups in total. The molecule has 0 bridgehead atoms. The lowest BCUT2D eigenvalue weighted by Crippen LogP contribution is -2.30. The molecule has 0 aliphatic carbocycles. The molecular weight excluding hydrogens is 805 g/mol. The number of rotatable bonds is 53. The standard InChI is InChI=1S/C59H110O6/c1-4-7-10-13-16-19-22-25-28-30-32-34-37-40-43-46-49-52-58(61)64-55-56(54-63-57(60)51-48-45-42-39-36-33-27-24-21-18-15-12-9-6-3)65-59(62)53-50-47-44-41-38-35-31-29-26-23-20-17-14-11-8-5-2/h24,27,29,31,56H,4-23,25-26,28,30,32-55H2,1-3H3/b27-24-,31-29-. The van der Waals surface area contributed by atoms with Gasteiger partial charge in [0.15, 0.2) is 6.10 Å². The van der Waals surface area contributed by atoms with Gasteiger partial charge >= 0.3 is 17.9 Å². The molecule has 0 heterocycles. The highest BCUT2D eigenvalue weighted by Crippen LogP contribution is 2.16. The summed E-state index contributed by atoms with van der Waals surface area (Å²) >= 11 is 0. The van der Waals surface area contributed by atoms with Crippen LogP contribution in [0.1, 0.15) is 316 Å². The molecule has 0 amide bonds. The number of ether oxygens (including phenoxy) is 3. The van der Waals surface area contributed by atoms with Crippen LogP contribution in [0.4, 0.5) is 0 Å². The Morgan fingerprint density at radius 2 is 0.508 bits per heavy atom. The number of hydrogen-bond acceptors (Lipinski definition) is 6. The van der Waals surface area contributed by atoms with Gasteiger partial charge in [-0.15, -0.1) is 0 Å². The van der Waals surface area contributed by atoms with Crippen LogP contribution in [0.5, 0.6) is 0 Å². The summed E-state index contributed by atoms with van der Waals surface area (Å²) in [7, 11) is 0. The summed E-state index contributed by atoms with van der Waals surface area (Å²) in [6, 6.07) is 0. The second-order valence-corrected chi connectivity index (χ2v) is 19.6. The fourth-order valence-electron chi connectivity index (χ4n) is 8.55. The van der Waals surface area contributed by atoms with Crippen LogP contribution >= 0.6 is 0 Å². The summed E-state index contributed by atoms with van der Waals surface area (Å²) in [6.07, 6.45) is 63.1. The molecule has 0 rings (SSSR count). The third kappa shape index (κ3) is 52.7. The van der Waals surface area contributed by atoms with E-state index in [1.54, 1.807) is 0 Å². The van der Waals surface area contributed by atoms with Crippen molar-refractivity contribution >= 4 is 17.9 Å². The Hall–Kier alpha value is -2.11. The number of allylic oxidation sites excluding steroid dienone is 4. The predicted octanol–water partition coefficient (Wildman–Crippen LogP) is 19.1. The van der Waals surface area contributed by atoms with Crippen LogP contribution < -0.4 is 0 Å². The van der Waals surface area contributed by atoms with Crippen molar-refractivity contribution in [1.29, 1.82) is 0 Å². The molecule has 0 fully saturated rings. The lowest BCUT2D eigenvalue weighted by Gasteiger charge is -2.18. The Kier molecular flexibility index (Phi) is 52.7. The normalized spacial score (nSPS) is 12.1. The average Bonchev–Trinajstić information content (AvgIpc) is 3.30. The largest absolute Gasteiger partial charge is 0.462 e. The molecule has 382 valence electrons. The first-order valence-corrected chi connectivity index (χ1v) is 28.8. The summed E-state index contributed by atoms with van der Waals surface area (Å²) < 4.78 is 16.9. The zero-order valence-corrected chi connectivity index (χ0v) is 43.8. The first kappa shape index (κ1) is 62.9. The molecule has 6 heteroatoms. The molecule has 0 aromatic heterocycles. The van der Waals surface area contributed by atoms with Gasteiger partial charge in [0.25, 0.3) is 0 Å². The Morgan fingerprint density at radius 1 is 0.292 bits per heavy atom. The van der Waals surface area contributed by atoms with E-state index in [1.165, 1.54) is 205 Å². The molecule has 0 aromatic rings. The number of carbonyl (C=O) groups is 3. The maximum atomic E-state index is 12.8. The molecule has 0 aromatic carbocycles. The molecule has 0 spiro atoms. The smallest absolute Gasteiger partial charge is 0.306 e. The molecule has 1 atom stereocenters. The van der Waals surface area contributed by atoms with E-state index >= 15 is 0 Å². The second-order valence-electron chi connectivity index (χ2n) is 19.6. The topological polar surface area (TPSA) is 78.9 Å². The fourth-order valence-corrected chi connectivity index (χ4v) is 8.55. The Balaban J connectivity index is 4.34. The number of unbranched alkanes of at least 4 members (excludes halogenated alkanes) is 38. The van der Waals surface area contributed by atoms with E-state index in [9.17, 15) is 14.4 Å². The highest BCUT2D eigenvalue weighted by Gasteiger charge is 2.19. The third-order valence-corrected chi connectivity index (χ3v) is 12.9. The Bertz CT molecular complexity index is 1050. The zero-order chi connectivity index (χ0) is 47.2. The van der Waals surface area contributed by atoms with Gasteiger partial charge in [-0.1, -0.05) is 251 Å². The van der Waals surface area contributed by atoms with Crippen LogP contribution in [-0.4, -0.2) is 37.2 Å². The monoisotopic (exact) mass is 915 g/mol. The summed E-state index contributed by atoms with van der Waals surface area (Å²) in [4.78, 5) is 38.1. The number of carbonyl (C=O) groups excluding carboxylic acids is 3. The molecule has 0 radical (unpaired) electrons. The van der Waals surface area contributed by atoms with Gasteiger partial charge in [0.05, 0.1) is 0 Å². The minimum atomic E-state index is -0.775. The van der Waals surface area contributed by atoms with E-state index in [2.05, 4.69) is 45.1 Å². The molecule has 1 unspecified atom stereocenters. The van der Waals surface area contributed by atoms with Crippen molar-refractivity contribution in [3.63, 3.8) is 0 Å². The van der Waals surface area contributed by atoms with Crippen molar-refractivity contribution in [2.75, 3.05) is 13.2 Å². The SMILES string of the molecule is CCCCCCC/C=C\CCCCCCCC(=O)OCC(COC(=O)CCCCCCCCCCCCCCCCCCC)OC(=O)CCCCCCC/C=C\CCCCCCCCC. The lowest BCUT2D eigenvalue weighted by atomic mass is 10.0. The third-order valence-electron chi connectivity index (χ3n) is 12.9. The maximum absolute atomic E-state index is 12.8. The van der Waals surface area contributed by atoms with Crippen LogP contribution in [0.25, 0.3) is 0 Å². The van der Waals surface area contributed by atoms with Gasteiger partial charge in [0, 0.05) is 19.3 Å². The predicted molar refractivity (Wildman–Crippen MR) is 279 cm³/mol. The maximum Gasteiger partial charge on any atom is 0.306 e. The van der Waals surface area contributed by atoms with E-state index in [-0.39, 0.29) is 31.1 Å². The number of esters is 3. The Labute approximate surface area is 404 Å². The van der Waals surface area contributed by atoms with Crippen molar-refractivity contribution in [3.05, 3.63) is 24.3 Å².